The van der Waals surface area contributed by atoms with Gasteiger partial charge >= 0.3 is 0 Å². The Hall–Kier alpha value is -0.730. The number of aryl methyl sites for hydroxylation is 2. The molecule has 2 rings (SSSR count). The van der Waals surface area contributed by atoms with Crippen LogP contribution in [0.3, 0.4) is 0 Å². The summed E-state index contributed by atoms with van der Waals surface area (Å²) in [4.78, 5) is 0. The van der Waals surface area contributed by atoms with Crippen LogP contribution < -0.4 is 10.1 Å². The largest absolute Gasteiger partial charge is 0.490 e. The lowest BCUT2D eigenvalue weighted by Gasteiger charge is -2.53. The summed E-state index contributed by atoms with van der Waals surface area (Å²) in [7, 11) is 2.03. The third-order valence-corrected chi connectivity index (χ3v) is 5.38. The molecule has 106 valence electrons. The maximum Gasteiger partial charge on any atom is 0.120 e. The molecule has 1 aromatic rings. The monoisotopic (exact) mass is 281 g/mol. The minimum atomic E-state index is 0.218. The Morgan fingerprint density at radius 2 is 1.95 bits per heavy atom. The van der Waals surface area contributed by atoms with Crippen molar-refractivity contribution in [1.82, 2.24) is 5.32 Å². The van der Waals surface area contributed by atoms with Crippen LogP contribution in [0.2, 0.25) is 5.02 Å². The zero-order valence-corrected chi connectivity index (χ0v) is 13.3. The summed E-state index contributed by atoms with van der Waals surface area (Å²) in [6.45, 7) is 8.59. The first-order chi connectivity index (χ1) is 8.92. The molecule has 3 unspecified atom stereocenters. The number of hydrogen-bond acceptors (Lipinski definition) is 2. The molecule has 0 amide bonds. The zero-order chi connectivity index (χ0) is 14.2. The second kappa shape index (κ2) is 5.34. The lowest BCUT2D eigenvalue weighted by atomic mass is 9.61. The highest BCUT2D eigenvalue weighted by atomic mass is 35.5. The molecule has 0 saturated heterocycles. The number of hydrogen-bond donors (Lipinski definition) is 1. The van der Waals surface area contributed by atoms with Gasteiger partial charge in [-0.05, 0) is 50.6 Å². The van der Waals surface area contributed by atoms with E-state index in [1.165, 1.54) is 0 Å². The van der Waals surface area contributed by atoms with Gasteiger partial charge in [0.05, 0.1) is 0 Å². The highest BCUT2D eigenvalue weighted by Gasteiger charge is 2.51. The van der Waals surface area contributed by atoms with Crippen LogP contribution in [0.25, 0.3) is 0 Å². The first-order valence-corrected chi connectivity index (χ1v) is 7.40. The zero-order valence-electron chi connectivity index (χ0n) is 12.5. The Morgan fingerprint density at radius 3 is 2.42 bits per heavy atom. The van der Waals surface area contributed by atoms with Crippen molar-refractivity contribution < 1.29 is 4.74 Å². The second-order valence-electron chi connectivity index (χ2n) is 5.91. The van der Waals surface area contributed by atoms with Crippen LogP contribution in [-0.2, 0) is 0 Å². The van der Waals surface area contributed by atoms with Crippen molar-refractivity contribution in [2.24, 2.45) is 5.41 Å². The third kappa shape index (κ3) is 2.48. The topological polar surface area (TPSA) is 21.3 Å². The van der Waals surface area contributed by atoms with Crippen molar-refractivity contribution >= 4 is 11.6 Å². The van der Waals surface area contributed by atoms with E-state index < -0.39 is 0 Å². The molecule has 0 spiro atoms. The van der Waals surface area contributed by atoms with Gasteiger partial charge in [-0.25, -0.2) is 0 Å². The minimum absolute atomic E-state index is 0.218. The Morgan fingerprint density at radius 1 is 1.37 bits per heavy atom. The molecule has 19 heavy (non-hydrogen) atoms. The molecule has 3 atom stereocenters. The predicted molar refractivity (Wildman–Crippen MR) is 81.2 cm³/mol. The quantitative estimate of drug-likeness (QED) is 0.897. The first-order valence-electron chi connectivity index (χ1n) is 7.03. The number of halogens is 1. The van der Waals surface area contributed by atoms with Crippen molar-refractivity contribution in [3.8, 4) is 5.75 Å². The SMILES string of the molecule is CCC1(C)C(NC)CC1Oc1cc(C)c(Cl)c(C)c1. The summed E-state index contributed by atoms with van der Waals surface area (Å²) in [5.74, 6) is 0.943. The van der Waals surface area contributed by atoms with Gasteiger partial charge < -0.3 is 10.1 Å². The van der Waals surface area contributed by atoms with E-state index in [1.807, 2.05) is 33.0 Å². The third-order valence-electron chi connectivity index (χ3n) is 4.78. The average molecular weight is 282 g/mol. The summed E-state index contributed by atoms with van der Waals surface area (Å²) >= 11 is 6.20. The fourth-order valence-corrected chi connectivity index (χ4v) is 3.17. The molecule has 1 aliphatic rings. The van der Waals surface area contributed by atoms with E-state index in [2.05, 4.69) is 19.2 Å². The van der Waals surface area contributed by atoms with Crippen molar-refractivity contribution in [2.75, 3.05) is 7.05 Å². The molecular formula is C16H24ClNO. The van der Waals surface area contributed by atoms with E-state index in [0.29, 0.717) is 6.04 Å². The van der Waals surface area contributed by atoms with E-state index in [-0.39, 0.29) is 11.5 Å². The predicted octanol–water partition coefficient (Wildman–Crippen LogP) is 4.11. The van der Waals surface area contributed by atoms with Crippen LogP contribution >= 0.6 is 11.6 Å². The number of ether oxygens (including phenoxy) is 1. The highest BCUT2D eigenvalue weighted by Crippen LogP contribution is 2.46. The van der Waals surface area contributed by atoms with Gasteiger partial charge in [-0.2, -0.15) is 0 Å². The Bertz CT molecular complexity index is 451. The number of nitrogens with one attached hydrogen (secondary N) is 1. The van der Waals surface area contributed by atoms with Gasteiger partial charge in [-0.1, -0.05) is 25.4 Å². The second-order valence-corrected chi connectivity index (χ2v) is 6.29. The van der Waals surface area contributed by atoms with Gasteiger partial charge in [0.2, 0.25) is 0 Å². The standard InChI is InChI=1S/C16H24ClNO/c1-6-16(4)13(18-5)9-14(16)19-12-7-10(2)15(17)11(3)8-12/h7-8,13-14,18H,6,9H2,1-5H3. The molecule has 1 fully saturated rings. The Labute approximate surface area is 121 Å². The van der Waals surface area contributed by atoms with Crippen molar-refractivity contribution in [1.29, 1.82) is 0 Å². The van der Waals surface area contributed by atoms with Crippen LogP contribution in [0.1, 0.15) is 37.8 Å². The summed E-state index contributed by atoms with van der Waals surface area (Å²) in [6, 6.07) is 4.63. The molecule has 2 nitrogen and oxygen atoms in total. The van der Waals surface area contributed by atoms with Crippen LogP contribution in [0.15, 0.2) is 12.1 Å². The molecule has 0 bridgehead atoms. The fraction of sp³-hybridized carbons (Fsp3) is 0.625. The maximum atomic E-state index is 6.21. The molecule has 0 radical (unpaired) electrons. The van der Waals surface area contributed by atoms with E-state index in [9.17, 15) is 0 Å². The summed E-state index contributed by atoms with van der Waals surface area (Å²) < 4.78 is 6.21. The van der Waals surface area contributed by atoms with E-state index >= 15 is 0 Å². The van der Waals surface area contributed by atoms with Crippen LogP contribution in [0.5, 0.6) is 5.75 Å². The Balaban J connectivity index is 2.15. The lowest BCUT2D eigenvalue weighted by molar-refractivity contribution is -0.0677. The van der Waals surface area contributed by atoms with Crippen molar-refractivity contribution in [3.05, 3.63) is 28.3 Å². The molecule has 1 N–H and O–H groups in total. The molecular weight excluding hydrogens is 258 g/mol. The van der Waals surface area contributed by atoms with Crippen LogP contribution in [0.4, 0.5) is 0 Å². The van der Waals surface area contributed by atoms with E-state index in [4.69, 9.17) is 16.3 Å². The maximum absolute atomic E-state index is 6.21. The van der Waals surface area contributed by atoms with Crippen LogP contribution in [0, 0.1) is 19.3 Å². The number of benzene rings is 1. The van der Waals surface area contributed by atoms with Crippen molar-refractivity contribution in [2.45, 2.75) is 52.7 Å². The van der Waals surface area contributed by atoms with Gasteiger partial charge in [-0.15, -0.1) is 0 Å². The molecule has 0 aromatic heterocycles. The van der Waals surface area contributed by atoms with Gasteiger partial charge in [0, 0.05) is 22.9 Å². The number of rotatable bonds is 4. The molecule has 3 heteroatoms. The van der Waals surface area contributed by atoms with Crippen LogP contribution in [-0.4, -0.2) is 19.2 Å². The molecule has 1 aliphatic carbocycles. The highest BCUT2D eigenvalue weighted by molar-refractivity contribution is 6.32. The molecule has 0 heterocycles. The molecule has 1 aromatic carbocycles. The Kier molecular flexibility index (Phi) is 4.12. The smallest absolute Gasteiger partial charge is 0.120 e. The average Bonchev–Trinajstić information content (AvgIpc) is 2.39. The van der Waals surface area contributed by atoms with E-state index in [0.717, 1.165) is 34.7 Å². The minimum Gasteiger partial charge on any atom is -0.490 e. The summed E-state index contributed by atoms with van der Waals surface area (Å²) in [6.07, 6.45) is 2.48. The van der Waals surface area contributed by atoms with Gasteiger partial charge in [0.1, 0.15) is 11.9 Å². The van der Waals surface area contributed by atoms with Gasteiger partial charge in [0.15, 0.2) is 0 Å². The normalized spacial score (nSPS) is 30.0. The molecule has 1 saturated carbocycles. The fourth-order valence-electron chi connectivity index (χ4n) is 3.06. The van der Waals surface area contributed by atoms with Gasteiger partial charge in [-0.3, -0.25) is 0 Å². The van der Waals surface area contributed by atoms with E-state index in [1.54, 1.807) is 0 Å². The van der Waals surface area contributed by atoms with Crippen molar-refractivity contribution in [3.63, 3.8) is 0 Å². The molecule has 0 aliphatic heterocycles. The lowest BCUT2D eigenvalue weighted by Crippen LogP contribution is -2.62. The summed E-state index contributed by atoms with van der Waals surface area (Å²) in [5, 5.41) is 4.23. The van der Waals surface area contributed by atoms with Gasteiger partial charge in [0.25, 0.3) is 0 Å². The first kappa shape index (κ1) is 14.7. The summed E-state index contributed by atoms with van der Waals surface area (Å²) in [5.41, 5.74) is 2.38.